The van der Waals surface area contributed by atoms with Crippen molar-refractivity contribution in [3.63, 3.8) is 0 Å². The van der Waals surface area contributed by atoms with Gasteiger partial charge < -0.3 is 14.0 Å². The topological polar surface area (TPSA) is 104 Å². The van der Waals surface area contributed by atoms with Crippen LogP contribution in [0.2, 0.25) is 0 Å². The maximum absolute atomic E-state index is 14.4. The van der Waals surface area contributed by atoms with Crippen molar-refractivity contribution in [3.8, 4) is 0 Å². The van der Waals surface area contributed by atoms with Crippen LogP contribution in [0.4, 0.5) is 4.39 Å². The second kappa shape index (κ2) is 11.3. The first kappa shape index (κ1) is 25.9. The standard InChI is InChI=1S/C27H27FN4O5/c1-4-36-27(35)20-16-19-23(29-22-12-7-8-13-31(22)26(19)34)32(14-9-15-37-17(2)3)24(20)30-25(33)18-10-5-6-11-21(18)28/h5-8,10-13,16-17H,4,9,14-15H2,1-3H3. The zero-order chi connectivity index (χ0) is 26.5. The minimum atomic E-state index is -0.882. The fourth-order valence-corrected chi connectivity index (χ4v) is 3.90. The Labute approximate surface area is 211 Å². The molecule has 1 aromatic carbocycles. The summed E-state index contributed by atoms with van der Waals surface area (Å²) in [5.41, 5.74) is -0.213. The molecule has 10 heteroatoms. The van der Waals surface area contributed by atoms with Crippen LogP contribution in [0, 0.1) is 5.82 Å². The summed E-state index contributed by atoms with van der Waals surface area (Å²) < 4.78 is 28.1. The molecule has 0 saturated carbocycles. The highest BCUT2D eigenvalue weighted by Crippen LogP contribution is 2.13. The molecule has 3 aromatic heterocycles. The van der Waals surface area contributed by atoms with Gasteiger partial charge in [-0.05, 0) is 57.5 Å². The highest BCUT2D eigenvalue weighted by molar-refractivity contribution is 5.97. The van der Waals surface area contributed by atoms with Crippen molar-refractivity contribution < 1.29 is 23.5 Å². The summed E-state index contributed by atoms with van der Waals surface area (Å²) in [6.45, 7) is 6.12. The quantitative estimate of drug-likeness (QED) is 0.206. The van der Waals surface area contributed by atoms with Crippen LogP contribution in [-0.4, -0.2) is 45.1 Å². The number of rotatable bonds is 8. The highest BCUT2D eigenvalue weighted by atomic mass is 19.1. The number of ether oxygens (including phenoxy) is 2. The molecule has 0 N–H and O–H groups in total. The van der Waals surface area contributed by atoms with Crippen LogP contribution in [0.5, 0.6) is 0 Å². The van der Waals surface area contributed by atoms with Gasteiger partial charge in [0.15, 0.2) is 5.49 Å². The molecule has 0 aliphatic rings. The van der Waals surface area contributed by atoms with Crippen molar-refractivity contribution >= 4 is 28.6 Å². The molecular formula is C27H27FN4O5. The van der Waals surface area contributed by atoms with Crippen molar-refractivity contribution in [2.45, 2.75) is 39.8 Å². The third-order valence-electron chi connectivity index (χ3n) is 5.57. The van der Waals surface area contributed by atoms with Crippen molar-refractivity contribution in [1.82, 2.24) is 14.0 Å². The van der Waals surface area contributed by atoms with E-state index in [4.69, 9.17) is 9.47 Å². The molecule has 1 amide bonds. The third kappa shape index (κ3) is 5.49. The van der Waals surface area contributed by atoms with E-state index in [1.165, 1.54) is 33.2 Å². The van der Waals surface area contributed by atoms with Crippen LogP contribution in [0.3, 0.4) is 0 Å². The van der Waals surface area contributed by atoms with Gasteiger partial charge in [0.25, 0.3) is 11.5 Å². The summed E-state index contributed by atoms with van der Waals surface area (Å²) >= 11 is 0. The Morgan fingerprint density at radius 3 is 2.59 bits per heavy atom. The Balaban J connectivity index is 2.04. The SMILES string of the molecule is CCOC(=O)c1cc2c(=O)n3ccccc3nc2n(CCCOC(C)C)c1=NC(=O)c1ccccc1F. The van der Waals surface area contributed by atoms with Gasteiger partial charge in [-0.2, -0.15) is 4.99 Å². The van der Waals surface area contributed by atoms with Crippen LogP contribution < -0.4 is 11.0 Å². The van der Waals surface area contributed by atoms with E-state index >= 15 is 0 Å². The molecule has 0 atom stereocenters. The number of benzene rings is 1. The Morgan fingerprint density at radius 2 is 1.86 bits per heavy atom. The Morgan fingerprint density at radius 1 is 1.11 bits per heavy atom. The predicted octanol–water partition coefficient (Wildman–Crippen LogP) is 3.52. The van der Waals surface area contributed by atoms with Crippen LogP contribution in [0.1, 0.15) is 47.9 Å². The Kier molecular flexibility index (Phi) is 7.88. The molecule has 192 valence electrons. The molecule has 0 spiro atoms. The van der Waals surface area contributed by atoms with Crippen LogP contribution in [0.15, 0.2) is 64.5 Å². The second-order valence-electron chi connectivity index (χ2n) is 8.51. The fraction of sp³-hybridized carbons (Fsp3) is 0.296. The normalized spacial score (nSPS) is 12.0. The lowest BCUT2D eigenvalue weighted by molar-refractivity contribution is 0.0523. The Bertz CT molecular complexity index is 1610. The molecule has 0 saturated heterocycles. The average molecular weight is 507 g/mol. The molecule has 0 radical (unpaired) electrons. The van der Waals surface area contributed by atoms with Gasteiger partial charge in [0.05, 0.1) is 23.7 Å². The smallest absolute Gasteiger partial charge is 0.341 e. The summed E-state index contributed by atoms with van der Waals surface area (Å²) in [5.74, 6) is -2.39. The summed E-state index contributed by atoms with van der Waals surface area (Å²) in [7, 11) is 0. The Hall–Kier alpha value is -4.18. The monoisotopic (exact) mass is 506 g/mol. The highest BCUT2D eigenvalue weighted by Gasteiger charge is 2.21. The molecule has 0 unspecified atom stereocenters. The van der Waals surface area contributed by atoms with E-state index in [1.54, 1.807) is 31.3 Å². The maximum atomic E-state index is 14.4. The van der Waals surface area contributed by atoms with Gasteiger partial charge in [0.2, 0.25) is 0 Å². The number of esters is 1. The summed E-state index contributed by atoms with van der Waals surface area (Å²) in [6, 6.07) is 11.9. The molecular weight excluding hydrogens is 479 g/mol. The molecule has 0 bridgehead atoms. The number of amides is 1. The molecule has 9 nitrogen and oxygen atoms in total. The van der Waals surface area contributed by atoms with Crippen molar-refractivity contribution in [3.05, 3.63) is 87.5 Å². The zero-order valence-electron chi connectivity index (χ0n) is 20.8. The number of aromatic nitrogens is 3. The first-order valence-corrected chi connectivity index (χ1v) is 12.0. The summed E-state index contributed by atoms with van der Waals surface area (Å²) in [5, 5.41) is 0.147. The van der Waals surface area contributed by atoms with E-state index < -0.39 is 23.3 Å². The van der Waals surface area contributed by atoms with Crippen molar-refractivity contribution in [2.75, 3.05) is 13.2 Å². The molecule has 37 heavy (non-hydrogen) atoms. The van der Waals surface area contributed by atoms with Crippen molar-refractivity contribution in [2.24, 2.45) is 4.99 Å². The van der Waals surface area contributed by atoms with Gasteiger partial charge >= 0.3 is 5.97 Å². The number of hydrogen-bond donors (Lipinski definition) is 0. The van der Waals surface area contributed by atoms with Gasteiger partial charge in [0, 0.05) is 19.3 Å². The number of pyridine rings is 2. The molecule has 4 aromatic rings. The van der Waals surface area contributed by atoms with Gasteiger partial charge in [-0.1, -0.05) is 18.2 Å². The number of nitrogens with zero attached hydrogens (tertiary/aromatic N) is 4. The van der Waals surface area contributed by atoms with Gasteiger partial charge in [-0.3, -0.25) is 14.0 Å². The number of fused-ring (bicyclic) bond motifs is 2. The number of aryl methyl sites for hydroxylation is 1. The van der Waals surface area contributed by atoms with Crippen LogP contribution in [-0.2, 0) is 16.0 Å². The number of carbonyl (C=O) groups excluding carboxylic acids is 2. The van der Waals surface area contributed by atoms with Crippen LogP contribution >= 0.6 is 0 Å². The second-order valence-corrected chi connectivity index (χ2v) is 8.51. The first-order valence-electron chi connectivity index (χ1n) is 12.0. The lowest BCUT2D eigenvalue weighted by atomic mass is 10.2. The van der Waals surface area contributed by atoms with E-state index in [0.717, 1.165) is 6.07 Å². The molecule has 0 aliphatic heterocycles. The zero-order valence-corrected chi connectivity index (χ0v) is 20.8. The first-order chi connectivity index (χ1) is 17.8. The van der Waals surface area contributed by atoms with Gasteiger partial charge in [-0.25, -0.2) is 14.2 Å². The van der Waals surface area contributed by atoms with Gasteiger partial charge in [-0.15, -0.1) is 0 Å². The largest absolute Gasteiger partial charge is 0.462 e. The predicted molar refractivity (Wildman–Crippen MR) is 135 cm³/mol. The lowest BCUT2D eigenvalue weighted by Crippen LogP contribution is -2.33. The molecule has 0 fully saturated rings. The molecule has 3 heterocycles. The fourth-order valence-electron chi connectivity index (χ4n) is 3.90. The lowest BCUT2D eigenvalue weighted by Gasteiger charge is -2.15. The van der Waals surface area contributed by atoms with E-state index in [2.05, 4.69) is 9.98 Å². The van der Waals surface area contributed by atoms with E-state index in [-0.39, 0.29) is 46.9 Å². The molecule has 0 aliphatic carbocycles. The van der Waals surface area contributed by atoms with Crippen molar-refractivity contribution in [1.29, 1.82) is 0 Å². The minimum absolute atomic E-state index is 0.00566. The molecule has 4 rings (SSSR count). The summed E-state index contributed by atoms with van der Waals surface area (Å²) in [6.07, 6.45) is 2.05. The van der Waals surface area contributed by atoms with E-state index in [1.807, 2.05) is 13.8 Å². The van der Waals surface area contributed by atoms with E-state index in [9.17, 15) is 18.8 Å². The average Bonchev–Trinajstić information content (AvgIpc) is 2.87. The third-order valence-corrected chi connectivity index (χ3v) is 5.57. The number of halogens is 1. The number of hydrogen-bond acceptors (Lipinski definition) is 6. The number of carbonyl (C=O) groups is 2. The van der Waals surface area contributed by atoms with Crippen LogP contribution in [0.25, 0.3) is 16.7 Å². The maximum Gasteiger partial charge on any atom is 0.341 e. The minimum Gasteiger partial charge on any atom is -0.462 e. The summed E-state index contributed by atoms with van der Waals surface area (Å²) in [4.78, 5) is 48.3. The van der Waals surface area contributed by atoms with E-state index in [0.29, 0.717) is 18.7 Å². The van der Waals surface area contributed by atoms with Gasteiger partial charge in [0.1, 0.15) is 22.7 Å².